The molecule has 1 atom stereocenters. The van der Waals surface area contributed by atoms with Crippen molar-refractivity contribution in [2.75, 3.05) is 26.1 Å². The Morgan fingerprint density at radius 3 is 2.46 bits per heavy atom. The van der Waals surface area contributed by atoms with Gasteiger partial charge in [0.05, 0.1) is 26.3 Å². The third-order valence-electron chi connectivity index (χ3n) is 3.48. The monoisotopic (exact) mass is 338 g/mol. The zero-order valence-corrected chi connectivity index (χ0v) is 14.6. The Labute approximate surface area is 142 Å². The van der Waals surface area contributed by atoms with Gasteiger partial charge >= 0.3 is 5.97 Å². The Morgan fingerprint density at radius 1 is 1.21 bits per heavy atom. The molecule has 1 rings (SSSR count). The van der Waals surface area contributed by atoms with Crippen molar-refractivity contribution in [2.24, 2.45) is 5.92 Å². The molecule has 3 N–H and O–H groups in total. The van der Waals surface area contributed by atoms with Crippen molar-refractivity contribution in [3.05, 3.63) is 18.2 Å². The third kappa shape index (κ3) is 6.45. The number of amides is 1. The maximum Gasteiger partial charge on any atom is 0.321 e. The summed E-state index contributed by atoms with van der Waals surface area (Å²) in [6.07, 6.45) is 0.681. The number of benzene rings is 1. The van der Waals surface area contributed by atoms with Crippen molar-refractivity contribution in [3.63, 3.8) is 0 Å². The SMILES string of the molecule is COc1ccc(NC(=O)C[C@@H](NCCC(C)C)C(=O)O)c(OC)c1. The van der Waals surface area contributed by atoms with Crippen molar-refractivity contribution < 1.29 is 24.2 Å². The molecular formula is C17H26N2O5. The minimum Gasteiger partial charge on any atom is -0.497 e. The van der Waals surface area contributed by atoms with E-state index in [-0.39, 0.29) is 6.42 Å². The van der Waals surface area contributed by atoms with Gasteiger partial charge < -0.3 is 25.2 Å². The van der Waals surface area contributed by atoms with Gasteiger partial charge in [-0.15, -0.1) is 0 Å². The zero-order valence-electron chi connectivity index (χ0n) is 14.6. The number of rotatable bonds is 10. The second-order valence-electron chi connectivity index (χ2n) is 5.85. The number of carboxylic acid groups (broad SMARTS) is 1. The van der Waals surface area contributed by atoms with Gasteiger partial charge in [0.1, 0.15) is 17.5 Å². The van der Waals surface area contributed by atoms with Gasteiger partial charge in [0.25, 0.3) is 0 Å². The van der Waals surface area contributed by atoms with Gasteiger partial charge in [0.15, 0.2) is 0 Å². The average Bonchev–Trinajstić information content (AvgIpc) is 2.53. The van der Waals surface area contributed by atoms with E-state index in [2.05, 4.69) is 24.5 Å². The van der Waals surface area contributed by atoms with E-state index < -0.39 is 17.9 Å². The second kappa shape index (κ2) is 9.77. The zero-order chi connectivity index (χ0) is 18.1. The summed E-state index contributed by atoms with van der Waals surface area (Å²) in [6, 6.07) is 4.06. The fraction of sp³-hybridized carbons (Fsp3) is 0.529. The molecule has 0 aromatic heterocycles. The molecule has 0 unspecified atom stereocenters. The normalized spacial score (nSPS) is 11.9. The van der Waals surface area contributed by atoms with E-state index >= 15 is 0 Å². The molecule has 0 heterocycles. The molecule has 0 fully saturated rings. The predicted molar refractivity (Wildman–Crippen MR) is 91.7 cm³/mol. The molecular weight excluding hydrogens is 312 g/mol. The summed E-state index contributed by atoms with van der Waals surface area (Å²) < 4.78 is 10.3. The maximum atomic E-state index is 12.1. The molecule has 0 saturated heterocycles. The minimum absolute atomic E-state index is 0.164. The summed E-state index contributed by atoms with van der Waals surface area (Å²) in [5, 5.41) is 14.8. The molecule has 0 saturated carbocycles. The van der Waals surface area contributed by atoms with Crippen LogP contribution in [0.4, 0.5) is 5.69 Å². The van der Waals surface area contributed by atoms with E-state index in [1.807, 2.05) is 0 Å². The molecule has 7 heteroatoms. The molecule has 1 aromatic rings. The summed E-state index contributed by atoms with van der Waals surface area (Å²) >= 11 is 0. The third-order valence-corrected chi connectivity index (χ3v) is 3.48. The molecule has 0 aliphatic carbocycles. The van der Waals surface area contributed by atoms with Crippen LogP contribution in [0, 0.1) is 5.92 Å². The van der Waals surface area contributed by atoms with Gasteiger partial charge in [-0.3, -0.25) is 9.59 Å². The van der Waals surface area contributed by atoms with E-state index in [9.17, 15) is 14.7 Å². The molecule has 7 nitrogen and oxygen atoms in total. The van der Waals surface area contributed by atoms with Crippen molar-refractivity contribution in [1.29, 1.82) is 0 Å². The van der Waals surface area contributed by atoms with Crippen LogP contribution in [0.25, 0.3) is 0 Å². The number of nitrogens with one attached hydrogen (secondary N) is 2. The molecule has 0 spiro atoms. The maximum absolute atomic E-state index is 12.1. The van der Waals surface area contributed by atoms with E-state index in [4.69, 9.17) is 9.47 Å². The Morgan fingerprint density at radius 2 is 1.92 bits per heavy atom. The van der Waals surface area contributed by atoms with Crippen LogP contribution in [0.5, 0.6) is 11.5 Å². The number of ether oxygens (including phenoxy) is 2. The molecule has 1 amide bonds. The van der Waals surface area contributed by atoms with Crippen LogP contribution in [0.15, 0.2) is 18.2 Å². The summed E-state index contributed by atoms with van der Waals surface area (Å²) in [6.45, 7) is 4.66. The molecule has 0 bridgehead atoms. The summed E-state index contributed by atoms with van der Waals surface area (Å²) in [7, 11) is 3.02. The summed E-state index contributed by atoms with van der Waals surface area (Å²) in [5.41, 5.74) is 0.467. The first-order valence-electron chi connectivity index (χ1n) is 7.85. The summed E-state index contributed by atoms with van der Waals surface area (Å²) in [5.74, 6) is 0.0637. The van der Waals surface area contributed by atoms with E-state index in [0.29, 0.717) is 29.6 Å². The lowest BCUT2D eigenvalue weighted by Gasteiger charge is -2.16. The standard InChI is InChI=1S/C17H26N2O5/c1-11(2)7-8-18-14(17(21)22)10-16(20)19-13-6-5-12(23-3)9-15(13)24-4/h5-6,9,11,14,18H,7-8,10H2,1-4H3,(H,19,20)(H,21,22)/t14-/m1/s1. The van der Waals surface area contributed by atoms with Crippen molar-refractivity contribution >= 4 is 17.6 Å². The van der Waals surface area contributed by atoms with E-state index in [1.165, 1.54) is 14.2 Å². The highest BCUT2D eigenvalue weighted by molar-refractivity contribution is 5.95. The second-order valence-corrected chi connectivity index (χ2v) is 5.85. The summed E-state index contributed by atoms with van der Waals surface area (Å²) in [4.78, 5) is 23.4. The van der Waals surface area contributed by atoms with E-state index in [1.54, 1.807) is 18.2 Å². The Kier molecular flexibility index (Phi) is 8.05. The molecule has 24 heavy (non-hydrogen) atoms. The topological polar surface area (TPSA) is 96.9 Å². The number of carboxylic acids is 1. The number of methoxy groups -OCH3 is 2. The number of carbonyl (C=O) groups excluding carboxylic acids is 1. The van der Waals surface area contributed by atoms with Crippen LogP contribution in [-0.4, -0.2) is 43.8 Å². The fourth-order valence-corrected chi connectivity index (χ4v) is 2.08. The number of carbonyl (C=O) groups is 2. The quantitative estimate of drug-likeness (QED) is 0.605. The van der Waals surface area contributed by atoms with Gasteiger partial charge in [0.2, 0.25) is 5.91 Å². The van der Waals surface area contributed by atoms with Crippen LogP contribution in [0.2, 0.25) is 0 Å². The van der Waals surface area contributed by atoms with Crippen LogP contribution in [-0.2, 0) is 9.59 Å². The molecule has 1 aromatic carbocycles. The van der Waals surface area contributed by atoms with Gasteiger partial charge in [-0.1, -0.05) is 13.8 Å². The Bertz CT molecular complexity index is 560. The van der Waals surface area contributed by atoms with Crippen LogP contribution < -0.4 is 20.1 Å². The predicted octanol–water partition coefficient (Wildman–Crippen LogP) is 2.12. The van der Waals surface area contributed by atoms with Crippen molar-refractivity contribution in [1.82, 2.24) is 5.32 Å². The minimum atomic E-state index is -1.05. The van der Waals surface area contributed by atoms with Crippen LogP contribution >= 0.6 is 0 Å². The average molecular weight is 338 g/mol. The molecule has 0 radical (unpaired) electrons. The fourth-order valence-electron chi connectivity index (χ4n) is 2.08. The van der Waals surface area contributed by atoms with Crippen LogP contribution in [0.3, 0.4) is 0 Å². The number of hydrogen-bond acceptors (Lipinski definition) is 5. The smallest absolute Gasteiger partial charge is 0.321 e. The first kappa shape index (κ1) is 19.8. The lowest BCUT2D eigenvalue weighted by Crippen LogP contribution is -2.40. The van der Waals surface area contributed by atoms with Gasteiger partial charge in [0, 0.05) is 6.07 Å². The van der Waals surface area contributed by atoms with Crippen molar-refractivity contribution in [2.45, 2.75) is 32.7 Å². The largest absolute Gasteiger partial charge is 0.497 e. The molecule has 134 valence electrons. The molecule has 0 aliphatic heterocycles. The Balaban J connectivity index is 2.67. The first-order valence-corrected chi connectivity index (χ1v) is 7.85. The van der Waals surface area contributed by atoms with Crippen LogP contribution in [0.1, 0.15) is 26.7 Å². The lowest BCUT2D eigenvalue weighted by molar-refractivity contribution is -0.141. The molecule has 0 aliphatic rings. The van der Waals surface area contributed by atoms with Gasteiger partial charge in [-0.2, -0.15) is 0 Å². The van der Waals surface area contributed by atoms with E-state index in [0.717, 1.165) is 6.42 Å². The highest BCUT2D eigenvalue weighted by Crippen LogP contribution is 2.29. The first-order chi connectivity index (χ1) is 11.4. The number of hydrogen-bond donors (Lipinski definition) is 3. The highest BCUT2D eigenvalue weighted by atomic mass is 16.5. The highest BCUT2D eigenvalue weighted by Gasteiger charge is 2.21. The Hall–Kier alpha value is -2.28. The van der Waals surface area contributed by atoms with Gasteiger partial charge in [-0.25, -0.2) is 0 Å². The lowest BCUT2D eigenvalue weighted by atomic mass is 10.1. The van der Waals surface area contributed by atoms with Gasteiger partial charge in [-0.05, 0) is 31.0 Å². The van der Waals surface area contributed by atoms with Crippen molar-refractivity contribution in [3.8, 4) is 11.5 Å². The number of anilines is 1. The number of aliphatic carboxylic acids is 1.